The minimum Gasteiger partial charge on any atom is -0.377 e. The largest absolute Gasteiger partial charge is 0.377 e. The van der Waals surface area contributed by atoms with Crippen LogP contribution in [-0.2, 0) is 11.2 Å². The van der Waals surface area contributed by atoms with Crippen LogP contribution in [0.25, 0.3) is 6.08 Å². The van der Waals surface area contributed by atoms with E-state index in [4.69, 9.17) is 4.74 Å². The van der Waals surface area contributed by atoms with E-state index < -0.39 is 0 Å². The molecule has 0 amide bonds. The maximum atomic E-state index is 5.58. The Hall–Kier alpha value is -1.86. The van der Waals surface area contributed by atoms with Crippen molar-refractivity contribution in [3.63, 3.8) is 0 Å². The summed E-state index contributed by atoms with van der Waals surface area (Å²) in [7, 11) is 1.81. The monoisotopic (exact) mass is 432 g/mol. The summed E-state index contributed by atoms with van der Waals surface area (Å²) in [6.45, 7) is 4.41. The number of hydrogen-bond donors (Lipinski definition) is 0. The number of methoxy groups -OCH3 is 1. The highest BCUT2D eigenvalue weighted by atomic mass is 16.5. The highest BCUT2D eigenvalue weighted by Crippen LogP contribution is 2.38. The van der Waals surface area contributed by atoms with Crippen LogP contribution in [-0.4, -0.2) is 7.11 Å². The smallest absolute Gasteiger partial charge is 0.0818 e. The summed E-state index contributed by atoms with van der Waals surface area (Å²) in [5.74, 6) is 1.70. The molecule has 0 bridgehead atoms. The summed E-state index contributed by atoms with van der Waals surface area (Å²) in [5.41, 5.74) is 5.67. The Morgan fingerprint density at radius 1 is 0.906 bits per heavy atom. The second kappa shape index (κ2) is 13.6. The average Bonchev–Trinajstić information content (AvgIpc) is 2.84. The highest BCUT2D eigenvalue weighted by molar-refractivity contribution is 5.49. The van der Waals surface area contributed by atoms with Gasteiger partial charge < -0.3 is 4.74 Å². The van der Waals surface area contributed by atoms with Gasteiger partial charge in [-0.25, -0.2) is 0 Å². The van der Waals surface area contributed by atoms with Crippen molar-refractivity contribution in [3.8, 4) is 0 Å². The van der Waals surface area contributed by atoms with Crippen molar-refractivity contribution in [3.05, 3.63) is 76.9 Å². The fraction of sp³-hybridized carbons (Fsp3) is 0.548. The van der Waals surface area contributed by atoms with Crippen LogP contribution in [0.5, 0.6) is 0 Å². The van der Waals surface area contributed by atoms with E-state index in [1.165, 1.54) is 86.5 Å². The zero-order valence-electron chi connectivity index (χ0n) is 20.7. The predicted molar refractivity (Wildman–Crippen MR) is 139 cm³/mol. The Kier molecular flexibility index (Phi) is 10.6. The second-order valence-corrected chi connectivity index (χ2v) is 9.70. The van der Waals surface area contributed by atoms with Crippen LogP contribution in [0.2, 0.25) is 0 Å². The first-order valence-corrected chi connectivity index (χ1v) is 13.1. The van der Waals surface area contributed by atoms with Gasteiger partial charge in [-0.3, -0.25) is 0 Å². The number of ether oxygens (including phenoxy) is 1. The van der Waals surface area contributed by atoms with Gasteiger partial charge in [-0.2, -0.15) is 0 Å². The molecular formula is C31H44O. The van der Waals surface area contributed by atoms with Crippen LogP contribution in [0, 0.1) is 5.92 Å². The Morgan fingerprint density at radius 3 is 2.25 bits per heavy atom. The van der Waals surface area contributed by atoms with Crippen LogP contribution >= 0.6 is 0 Å². The van der Waals surface area contributed by atoms with E-state index >= 15 is 0 Å². The third-order valence-electron chi connectivity index (χ3n) is 7.35. The number of benzene rings is 2. The molecule has 2 aromatic rings. The fourth-order valence-corrected chi connectivity index (χ4v) is 5.25. The van der Waals surface area contributed by atoms with E-state index in [2.05, 4.69) is 74.5 Å². The number of unbranched alkanes of at least 4 members (excludes halogenated alkanes) is 2. The van der Waals surface area contributed by atoms with E-state index in [0.29, 0.717) is 0 Å². The molecule has 1 fully saturated rings. The van der Waals surface area contributed by atoms with Gasteiger partial charge in [0.1, 0.15) is 0 Å². The van der Waals surface area contributed by atoms with Crippen molar-refractivity contribution in [2.75, 3.05) is 7.11 Å². The van der Waals surface area contributed by atoms with Crippen molar-refractivity contribution in [1.29, 1.82) is 0 Å². The summed E-state index contributed by atoms with van der Waals surface area (Å²) < 4.78 is 5.58. The van der Waals surface area contributed by atoms with Gasteiger partial charge >= 0.3 is 0 Å². The van der Waals surface area contributed by atoms with Crippen molar-refractivity contribution in [1.82, 2.24) is 0 Å². The van der Waals surface area contributed by atoms with Crippen molar-refractivity contribution >= 4 is 6.08 Å². The number of aryl methyl sites for hydroxylation is 1. The standard InChI is InChI=1S/C31H44O/c1-4-6-7-10-25-13-15-26(16-14-25)11-8-9-12-27-17-19-28(20-18-27)29-21-23-30(24-22-29)31(5-2)32-3/h7,10,13-16,21-24,27-28,31H,4-6,8-9,11-12,17-20H2,1-3H3/t27-,28-,31?. The molecule has 0 N–H and O–H groups in total. The maximum Gasteiger partial charge on any atom is 0.0818 e. The normalized spacial score (nSPS) is 20.0. The quantitative estimate of drug-likeness (QED) is 0.304. The van der Waals surface area contributed by atoms with Gasteiger partial charge in [0.25, 0.3) is 0 Å². The van der Waals surface area contributed by atoms with Crippen LogP contribution in [0.15, 0.2) is 54.6 Å². The lowest BCUT2D eigenvalue weighted by molar-refractivity contribution is 0.100. The number of hydrogen-bond acceptors (Lipinski definition) is 1. The van der Waals surface area contributed by atoms with Crippen molar-refractivity contribution in [2.24, 2.45) is 5.92 Å². The lowest BCUT2D eigenvalue weighted by Crippen LogP contribution is -2.13. The molecular weight excluding hydrogens is 388 g/mol. The first-order chi connectivity index (χ1) is 15.7. The summed E-state index contributed by atoms with van der Waals surface area (Å²) in [5, 5.41) is 0. The molecule has 0 radical (unpaired) electrons. The SMILES string of the molecule is CCCC=Cc1ccc(CCCC[C@H]2CC[C@H](c3ccc(C(CC)OC)cc3)CC2)cc1. The predicted octanol–water partition coefficient (Wildman–Crippen LogP) is 9.28. The topological polar surface area (TPSA) is 9.23 Å². The number of allylic oxidation sites excluding steroid dienone is 1. The molecule has 0 aromatic heterocycles. The van der Waals surface area contributed by atoms with Gasteiger partial charge in [0, 0.05) is 7.11 Å². The van der Waals surface area contributed by atoms with Gasteiger partial charge in [0.05, 0.1) is 6.10 Å². The van der Waals surface area contributed by atoms with Gasteiger partial charge in [-0.15, -0.1) is 0 Å². The lowest BCUT2D eigenvalue weighted by atomic mass is 9.77. The van der Waals surface area contributed by atoms with Gasteiger partial charge in [-0.05, 0) is 85.5 Å². The molecule has 1 unspecified atom stereocenters. The average molecular weight is 433 g/mol. The first kappa shape index (κ1) is 24.8. The minimum absolute atomic E-state index is 0.236. The summed E-state index contributed by atoms with van der Waals surface area (Å²) in [6.07, 6.45) is 19.0. The van der Waals surface area contributed by atoms with Crippen LogP contribution in [0.3, 0.4) is 0 Å². The molecule has 32 heavy (non-hydrogen) atoms. The molecule has 0 spiro atoms. The van der Waals surface area contributed by atoms with Gasteiger partial charge in [0.15, 0.2) is 0 Å². The third kappa shape index (κ3) is 7.62. The molecule has 0 saturated heterocycles. The van der Waals surface area contributed by atoms with Crippen molar-refractivity contribution in [2.45, 2.75) is 96.5 Å². The van der Waals surface area contributed by atoms with Gasteiger partial charge in [-0.1, -0.05) is 93.8 Å². The summed E-state index contributed by atoms with van der Waals surface area (Å²) in [4.78, 5) is 0. The Bertz CT molecular complexity index is 774. The summed E-state index contributed by atoms with van der Waals surface area (Å²) >= 11 is 0. The van der Waals surface area contributed by atoms with E-state index in [9.17, 15) is 0 Å². The molecule has 3 rings (SSSR count). The molecule has 1 aliphatic carbocycles. The molecule has 2 aromatic carbocycles. The fourth-order valence-electron chi connectivity index (χ4n) is 5.25. The third-order valence-corrected chi connectivity index (χ3v) is 7.35. The zero-order chi connectivity index (χ0) is 22.6. The zero-order valence-corrected chi connectivity index (χ0v) is 20.7. The molecule has 1 saturated carbocycles. The molecule has 174 valence electrons. The molecule has 1 atom stereocenters. The molecule has 1 nitrogen and oxygen atoms in total. The molecule has 1 heteroatoms. The first-order valence-electron chi connectivity index (χ1n) is 13.1. The van der Waals surface area contributed by atoms with Crippen LogP contribution < -0.4 is 0 Å². The lowest BCUT2D eigenvalue weighted by Gasteiger charge is -2.29. The number of rotatable bonds is 12. The maximum absolute atomic E-state index is 5.58. The summed E-state index contributed by atoms with van der Waals surface area (Å²) in [6, 6.07) is 18.5. The Balaban J connectivity index is 1.34. The Morgan fingerprint density at radius 2 is 1.62 bits per heavy atom. The molecule has 0 heterocycles. The van der Waals surface area contributed by atoms with Crippen molar-refractivity contribution < 1.29 is 4.74 Å². The highest BCUT2D eigenvalue weighted by Gasteiger charge is 2.22. The molecule has 1 aliphatic rings. The van der Waals surface area contributed by atoms with Crippen LogP contribution in [0.1, 0.15) is 112 Å². The molecule has 0 aliphatic heterocycles. The van der Waals surface area contributed by atoms with Gasteiger partial charge in [0.2, 0.25) is 0 Å². The van der Waals surface area contributed by atoms with E-state index in [1.54, 1.807) is 0 Å². The van der Waals surface area contributed by atoms with E-state index in [1.807, 2.05) is 7.11 Å². The van der Waals surface area contributed by atoms with Crippen LogP contribution in [0.4, 0.5) is 0 Å². The minimum atomic E-state index is 0.236. The second-order valence-electron chi connectivity index (χ2n) is 9.70. The van der Waals surface area contributed by atoms with E-state index in [-0.39, 0.29) is 6.10 Å². The van der Waals surface area contributed by atoms with E-state index in [0.717, 1.165) is 18.3 Å². The Labute approximate surface area is 197 Å².